The maximum atomic E-state index is 11.9. The Morgan fingerprint density at radius 2 is 2.44 bits per heavy atom. The van der Waals surface area contributed by atoms with Crippen molar-refractivity contribution in [2.24, 2.45) is 0 Å². The molecule has 2 rings (SSSR count). The zero-order chi connectivity index (χ0) is 11.5. The van der Waals surface area contributed by atoms with Crippen LogP contribution in [0.2, 0.25) is 0 Å². The predicted molar refractivity (Wildman–Crippen MR) is 60.2 cm³/mol. The van der Waals surface area contributed by atoms with Crippen LogP contribution in [0.25, 0.3) is 0 Å². The molecule has 0 aromatic carbocycles. The molecule has 8 heteroatoms. The molecule has 0 radical (unpaired) electrons. The molecule has 0 aliphatic heterocycles. The van der Waals surface area contributed by atoms with E-state index in [0.717, 1.165) is 11.5 Å². The zero-order valence-corrected chi connectivity index (χ0v) is 9.36. The third-order valence-electron chi connectivity index (χ3n) is 1.98. The molecule has 0 atom stereocenters. The molecule has 84 valence electrons. The van der Waals surface area contributed by atoms with Crippen molar-refractivity contribution in [3.05, 3.63) is 18.1 Å². The van der Waals surface area contributed by atoms with Gasteiger partial charge in [0, 0.05) is 18.1 Å². The van der Waals surface area contributed by atoms with Crippen molar-refractivity contribution in [2.45, 2.75) is 13.5 Å². The Morgan fingerprint density at radius 3 is 3.06 bits per heavy atom. The van der Waals surface area contributed by atoms with Gasteiger partial charge in [0.2, 0.25) is 0 Å². The number of rotatable bonds is 3. The molecule has 0 aliphatic carbocycles. The van der Waals surface area contributed by atoms with Gasteiger partial charge in [-0.3, -0.25) is 9.48 Å². The second-order valence-corrected chi connectivity index (χ2v) is 3.79. The second-order valence-electron chi connectivity index (χ2n) is 3.00. The Morgan fingerprint density at radius 1 is 1.62 bits per heavy atom. The molecule has 0 fully saturated rings. The molecule has 2 heterocycles. The standard InChI is InChI=1S/C8H10N6OS/c1-2-14-7(5(9)3-11-14)8(15)12-6-4-10-13-16-6/h3-4H,2,9H2,1H3,(H,12,15). The number of amides is 1. The van der Waals surface area contributed by atoms with Crippen LogP contribution in [-0.2, 0) is 6.54 Å². The number of nitrogens with one attached hydrogen (secondary N) is 1. The quantitative estimate of drug-likeness (QED) is 0.815. The molecule has 2 aromatic heterocycles. The SMILES string of the molecule is CCn1ncc(N)c1C(=O)Nc1cnns1. The number of carbonyl (C=O) groups is 1. The summed E-state index contributed by atoms with van der Waals surface area (Å²) in [5, 5.41) is 10.8. The summed E-state index contributed by atoms with van der Waals surface area (Å²) in [5.74, 6) is -0.303. The van der Waals surface area contributed by atoms with Gasteiger partial charge in [0.05, 0.1) is 18.1 Å². The summed E-state index contributed by atoms with van der Waals surface area (Å²) in [6.45, 7) is 2.47. The molecule has 0 unspecified atom stereocenters. The van der Waals surface area contributed by atoms with Crippen molar-refractivity contribution >= 4 is 28.1 Å². The number of nitrogens with two attached hydrogens (primary N) is 1. The number of carbonyl (C=O) groups excluding carboxylic acids is 1. The van der Waals surface area contributed by atoms with Crippen LogP contribution < -0.4 is 11.1 Å². The van der Waals surface area contributed by atoms with Crippen LogP contribution in [0.1, 0.15) is 17.4 Å². The van der Waals surface area contributed by atoms with Crippen LogP contribution in [-0.4, -0.2) is 25.3 Å². The van der Waals surface area contributed by atoms with Crippen LogP contribution in [0.4, 0.5) is 10.7 Å². The van der Waals surface area contributed by atoms with Crippen LogP contribution in [0, 0.1) is 0 Å². The van der Waals surface area contributed by atoms with Gasteiger partial charge >= 0.3 is 0 Å². The minimum absolute atomic E-state index is 0.303. The molecule has 0 saturated heterocycles. The van der Waals surface area contributed by atoms with Crippen molar-refractivity contribution in [2.75, 3.05) is 11.1 Å². The summed E-state index contributed by atoms with van der Waals surface area (Å²) in [4.78, 5) is 11.9. The third kappa shape index (κ3) is 1.87. The Bertz CT molecular complexity index is 491. The molecular weight excluding hydrogens is 228 g/mol. The summed E-state index contributed by atoms with van der Waals surface area (Å²) in [5.41, 5.74) is 6.39. The Kier molecular flexibility index (Phi) is 2.82. The van der Waals surface area contributed by atoms with Crippen molar-refractivity contribution in [3.8, 4) is 0 Å². The second kappa shape index (κ2) is 4.27. The van der Waals surface area contributed by atoms with Crippen molar-refractivity contribution in [3.63, 3.8) is 0 Å². The first kappa shape index (κ1) is 10.6. The van der Waals surface area contributed by atoms with Crippen LogP contribution in [0.3, 0.4) is 0 Å². The molecule has 2 aromatic rings. The van der Waals surface area contributed by atoms with Crippen LogP contribution in [0.15, 0.2) is 12.4 Å². The lowest BCUT2D eigenvalue weighted by molar-refractivity contribution is 0.101. The maximum absolute atomic E-state index is 11.9. The average Bonchev–Trinajstić information content (AvgIpc) is 2.87. The first-order chi connectivity index (χ1) is 7.72. The predicted octanol–water partition coefficient (Wildman–Crippen LogP) is 0.589. The molecule has 1 amide bonds. The largest absolute Gasteiger partial charge is 0.396 e. The summed E-state index contributed by atoms with van der Waals surface area (Å²) in [7, 11) is 0. The van der Waals surface area contributed by atoms with Gasteiger partial charge < -0.3 is 11.1 Å². The monoisotopic (exact) mass is 238 g/mol. The van der Waals surface area contributed by atoms with E-state index < -0.39 is 0 Å². The molecule has 3 N–H and O–H groups in total. The first-order valence-corrected chi connectivity index (χ1v) is 5.39. The summed E-state index contributed by atoms with van der Waals surface area (Å²) >= 11 is 1.10. The highest BCUT2D eigenvalue weighted by atomic mass is 32.1. The summed E-state index contributed by atoms with van der Waals surface area (Å²) in [6, 6.07) is 0. The summed E-state index contributed by atoms with van der Waals surface area (Å²) in [6.07, 6.45) is 2.94. The van der Waals surface area contributed by atoms with Gasteiger partial charge in [0.15, 0.2) is 0 Å². The summed E-state index contributed by atoms with van der Waals surface area (Å²) < 4.78 is 5.19. The number of hydrogen-bond donors (Lipinski definition) is 2. The lowest BCUT2D eigenvalue weighted by Crippen LogP contribution is -2.18. The van der Waals surface area contributed by atoms with Crippen molar-refractivity contribution in [1.82, 2.24) is 19.4 Å². The fourth-order valence-electron chi connectivity index (χ4n) is 1.28. The van der Waals surface area contributed by atoms with Gasteiger partial charge in [-0.15, -0.1) is 5.10 Å². The van der Waals surface area contributed by atoms with Crippen LogP contribution >= 0.6 is 11.5 Å². The van der Waals surface area contributed by atoms with Crippen molar-refractivity contribution < 1.29 is 4.79 Å². The fourth-order valence-corrected chi connectivity index (χ4v) is 1.70. The number of aromatic nitrogens is 4. The third-order valence-corrected chi connectivity index (χ3v) is 2.56. The van der Waals surface area contributed by atoms with Gasteiger partial charge in [-0.1, -0.05) is 4.49 Å². The Hall–Kier alpha value is -1.96. The molecule has 16 heavy (non-hydrogen) atoms. The highest BCUT2D eigenvalue weighted by Gasteiger charge is 2.16. The average molecular weight is 238 g/mol. The molecule has 0 spiro atoms. The van der Waals surface area contributed by atoms with Gasteiger partial charge in [-0.05, 0) is 6.92 Å². The van der Waals surface area contributed by atoms with E-state index in [9.17, 15) is 4.79 Å². The lowest BCUT2D eigenvalue weighted by Gasteiger charge is -2.04. The van der Waals surface area contributed by atoms with Gasteiger partial charge in [0.25, 0.3) is 5.91 Å². The maximum Gasteiger partial charge on any atom is 0.276 e. The molecule has 7 nitrogen and oxygen atoms in total. The van der Waals surface area contributed by atoms with Gasteiger partial charge in [0.1, 0.15) is 10.7 Å². The molecule has 0 aliphatic rings. The smallest absolute Gasteiger partial charge is 0.276 e. The number of anilines is 2. The zero-order valence-electron chi connectivity index (χ0n) is 8.54. The Labute approximate surface area is 95.4 Å². The highest BCUT2D eigenvalue weighted by molar-refractivity contribution is 7.10. The number of hydrogen-bond acceptors (Lipinski definition) is 6. The van der Waals surface area contributed by atoms with E-state index in [1.54, 1.807) is 4.68 Å². The number of nitrogens with zero attached hydrogens (tertiary/aromatic N) is 4. The number of nitrogen functional groups attached to an aromatic ring is 1. The van der Waals surface area contributed by atoms with E-state index in [0.29, 0.717) is 22.9 Å². The topological polar surface area (TPSA) is 98.7 Å². The molecule has 0 bridgehead atoms. The normalized spacial score (nSPS) is 10.3. The van der Waals surface area contributed by atoms with Crippen LogP contribution in [0.5, 0.6) is 0 Å². The Balaban J connectivity index is 2.23. The van der Waals surface area contributed by atoms with Gasteiger partial charge in [-0.25, -0.2) is 0 Å². The van der Waals surface area contributed by atoms with E-state index in [4.69, 9.17) is 5.73 Å². The van der Waals surface area contributed by atoms with E-state index in [1.807, 2.05) is 6.92 Å². The minimum Gasteiger partial charge on any atom is -0.396 e. The lowest BCUT2D eigenvalue weighted by atomic mass is 10.3. The first-order valence-electron chi connectivity index (χ1n) is 4.62. The number of aryl methyl sites for hydroxylation is 1. The van der Waals surface area contributed by atoms with E-state index in [1.165, 1.54) is 12.4 Å². The highest BCUT2D eigenvalue weighted by Crippen LogP contribution is 2.15. The van der Waals surface area contributed by atoms with Gasteiger partial charge in [-0.2, -0.15) is 5.10 Å². The molecular formula is C8H10N6OS. The van der Waals surface area contributed by atoms with Crippen molar-refractivity contribution in [1.29, 1.82) is 0 Å². The molecule has 0 saturated carbocycles. The minimum atomic E-state index is -0.303. The van der Waals surface area contributed by atoms with E-state index in [2.05, 4.69) is 20.0 Å². The van der Waals surface area contributed by atoms with E-state index in [-0.39, 0.29) is 5.91 Å². The fraction of sp³-hybridized carbons (Fsp3) is 0.250. The van der Waals surface area contributed by atoms with E-state index >= 15 is 0 Å².